The quantitative estimate of drug-likeness (QED) is 0.788. The van der Waals surface area contributed by atoms with Crippen LogP contribution in [0.5, 0.6) is 0 Å². The highest BCUT2D eigenvalue weighted by molar-refractivity contribution is 7.90. The van der Waals surface area contributed by atoms with Crippen LogP contribution in [0.15, 0.2) is 29.2 Å². The molecule has 0 spiro atoms. The first-order valence-corrected chi connectivity index (χ1v) is 6.51. The molecule has 1 atom stereocenters. The van der Waals surface area contributed by atoms with Crippen LogP contribution in [0.1, 0.15) is 24.8 Å². The van der Waals surface area contributed by atoms with Crippen molar-refractivity contribution in [3.8, 4) is 6.07 Å². The Kier molecular flexibility index (Phi) is 3.48. The maximum atomic E-state index is 11.3. The molecular weight excluding hydrogens is 210 g/mol. The third-order valence-electron chi connectivity index (χ3n) is 2.25. The fraction of sp³-hybridized carbons (Fsp3) is 0.364. The Morgan fingerprint density at radius 3 is 2.67 bits per heavy atom. The summed E-state index contributed by atoms with van der Waals surface area (Å²) < 4.78 is 22.6. The molecule has 1 unspecified atom stereocenters. The first kappa shape index (κ1) is 11.7. The molecule has 0 aromatic heterocycles. The molecule has 1 aromatic carbocycles. The van der Waals surface area contributed by atoms with E-state index in [9.17, 15) is 8.42 Å². The van der Waals surface area contributed by atoms with Crippen LogP contribution in [0.2, 0.25) is 0 Å². The lowest BCUT2D eigenvalue weighted by Crippen LogP contribution is -1.99. The Hall–Kier alpha value is -1.34. The number of nitriles is 1. The van der Waals surface area contributed by atoms with E-state index in [2.05, 4.69) is 6.07 Å². The first-order valence-electron chi connectivity index (χ1n) is 4.62. The van der Waals surface area contributed by atoms with Crippen molar-refractivity contribution in [2.24, 2.45) is 0 Å². The van der Waals surface area contributed by atoms with Crippen LogP contribution in [-0.4, -0.2) is 14.7 Å². The molecule has 3 nitrogen and oxygen atoms in total. The number of hydrogen-bond donors (Lipinski definition) is 0. The fourth-order valence-electron chi connectivity index (χ4n) is 1.31. The number of nitrogens with zero attached hydrogens (tertiary/aromatic N) is 1. The van der Waals surface area contributed by atoms with E-state index < -0.39 is 9.84 Å². The van der Waals surface area contributed by atoms with Crippen molar-refractivity contribution in [2.45, 2.75) is 24.2 Å². The Balaban J connectivity index is 3.10. The van der Waals surface area contributed by atoms with Crippen molar-refractivity contribution in [2.75, 3.05) is 6.26 Å². The largest absolute Gasteiger partial charge is 0.224 e. The molecule has 0 fully saturated rings. The minimum Gasteiger partial charge on any atom is -0.224 e. The van der Waals surface area contributed by atoms with Crippen molar-refractivity contribution < 1.29 is 8.42 Å². The topological polar surface area (TPSA) is 57.9 Å². The summed E-state index contributed by atoms with van der Waals surface area (Å²) in [6.07, 6.45) is 1.58. The molecule has 4 heteroatoms. The normalized spacial score (nSPS) is 13.1. The second-order valence-electron chi connectivity index (χ2n) is 3.61. The van der Waals surface area contributed by atoms with Crippen LogP contribution < -0.4 is 0 Å². The van der Waals surface area contributed by atoms with Crippen LogP contribution in [-0.2, 0) is 9.84 Å². The van der Waals surface area contributed by atoms with E-state index >= 15 is 0 Å². The molecule has 15 heavy (non-hydrogen) atoms. The van der Waals surface area contributed by atoms with Crippen molar-refractivity contribution in [3.05, 3.63) is 29.8 Å². The van der Waals surface area contributed by atoms with E-state index in [1.54, 1.807) is 18.2 Å². The average molecular weight is 223 g/mol. The number of benzene rings is 1. The highest BCUT2D eigenvalue weighted by Gasteiger charge is 2.10. The minimum atomic E-state index is -3.16. The van der Waals surface area contributed by atoms with Gasteiger partial charge in [-0.1, -0.05) is 19.1 Å². The van der Waals surface area contributed by atoms with Crippen LogP contribution in [0, 0.1) is 11.3 Å². The molecule has 1 rings (SSSR count). The summed E-state index contributed by atoms with van der Waals surface area (Å²) in [6.45, 7) is 1.91. The monoisotopic (exact) mass is 223 g/mol. The van der Waals surface area contributed by atoms with Gasteiger partial charge in [-0.2, -0.15) is 5.26 Å². The SMILES string of the molecule is CC(CC#N)c1cccc(S(C)(=O)=O)c1. The van der Waals surface area contributed by atoms with E-state index in [0.717, 1.165) is 5.56 Å². The second kappa shape index (κ2) is 4.45. The van der Waals surface area contributed by atoms with Crippen LogP contribution in [0.25, 0.3) is 0 Å². The lowest BCUT2D eigenvalue weighted by Gasteiger charge is -2.08. The van der Waals surface area contributed by atoms with E-state index in [-0.39, 0.29) is 5.92 Å². The molecular formula is C11H13NO2S. The van der Waals surface area contributed by atoms with Gasteiger partial charge >= 0.3 is 0 Å². The summed E-state index contributed by atoms with van der Waals surface area (Å²) >= 11 is 0. The zero-order chi connectivity index (χ0) is 11.5. The Morgan fingerprint density at radius 2 is 2.13 bits per heavy atom. The molecule has 0 amide bonds. The van der Waals surface area contributed by atoms with Gasteiger partial charge in [0.2, 0.25) is 0 Å². The first-order chi connectivity index (χ1) is 6.95. The molecule has 0 aliphatic heterocycles. The fourth-order valence-corrected chi connectivity index (χ4v) is 1.98. The van der Waals surface area contributed by atoms with Crippen LogP contribution in [0.4, 0.5) is 0 Å². The van der Waals surface area contributed by atoms with Gasteiger partial charge in [-0.05, 0) is 23.6 Å². The van der Waals surface area contributed by atoms with Gasteiger partial charge < -0.3 is 0 Å². The van der Waals surface area contributed by atoms with Gasteiger partial charge in [0.25, 0.3) is 0 Å². The van der Waals surface area contributed by atoms with Gasteiger partial charge in [0.15, 0.2) is 9.84 Å². The molecule has 0 radical (unpaired) electrons. The van der Waals surface area contributed by atoms with Crippen molar-refractivity contribution >= 4 is 9.84 Å². The van der Waals surface area contributed by atoms with Gasteiger partial charge in [-0.3, -0.25) is 0 Å². The molecule has 0 saturated heterocycles. The summed E-state index contributed by atoms with van der Waals surface area (Å²) in [5, 5.41) is 8.56. The molecule has 0 aliphatic rings. The molecule has 80 valence electrons. The maximum absolute atomic E-state index is 11.3. The van der Waals surface area contributed by atoms with Crippen molar-refractivity contribution in [3.63, 3.8) is 0 Å². The summed E-state index contributed by atoms with van der Waals surface area (Å²) in [5.74, 6) is 0.0664. The number of hydrogen-bond acceptors (Lipinski definition) is 3. The van der Waals surface area contributed by atoms with Crippen molar-refractivity contribution in [1.29, 1.82) is 5.26 Å². The van der Waals surface area contributed by atoms with E-state index in [1.165, 1.54) is 6.26 Å². The molecule has 0 bridgehead atoms. The minimum absolute atomic E-state index is 0.0664. The van der Waals surface area contributed by atoms with Gasteiger partial charge in [0.05, 0.1) is 11.0 Å². The third kappa shape index (κ3) is 3.07. The van der Waals surface area contributed by atoms with Crippen molar-refractivity contribution in [1.82, 2.24) is 0 Å². The van der Waals surface area contributed by atoms with Gasteiger partial charge in [-0.25, -0.2) is 8.42 Å². The third-order valence-corrected chi connectivity index (χ3v) is 3.36. The maximum Gasteiger partial charge on any atom is 0.175 e. The zero-order valence-electron chi connectivity index (χ0n) is 8.77. The van der Waals surface area contributed by atoms with E-state index in [4.69, 9.17) is 5.26 Å². The predicted octanol–water partition coefficient (Wildman–Crippen LogP) is 2.11. The highest BCUT2D eigenvalue weighted by Crippen LogP contribution is 2.21. The zero-order valence-corrected chi connectivity index (χ0v) is 9.58. The molecule has 0 heterocycles. The second-order valence-corrected chi connectivity index (χ2v) is 5.62. The van der Waals surface area contributed by atoms with E-state index in [1.807, 2.05) is 13.0 Å². The standard InChI is InChI=1S/C11H13NO2S/c1-9(6-7-12)10-4-3-5-11(8-10)15(2,13)14/h3-5,8-9H,6H2,1-2H3. The van der Waals surface area contributed by atoms with Crippen LogP contribution >= 0.6 is 0 Å². The Labute approximate surface area is 90.3 Å². The summed E-state index contributed by atoms with van der Waals surface area (Å²) in [7, 11) is -3.16. The van der Waals surface area contributed by atoms with E-state index in [0.29, 0.717) is 11.3 Å². The summed E-state index contributed by atoms with van der Waals surface area (Å²) in [6, 6.07) is 8.83. The predicted molar refractivity (Wildman–Crippen MR) is 58.2 cm³/mol. The Bertz CT molecular complexity index is 486. The molecule has 0 N–H and O–H groups in total. The summed E-state index contributed by atoms with van der Waals surface area (Å²) in [5.41, 5.74) is 0.888. The summed E-state index contributed by atoms with van der Waals surface area (Å²) in [4.78, 5) is 0.310. The highest BCUT2D eigenvalue weighted by atomic mass is 32.2. The Morgan fingerprint density at radius 1 is 1.47 bits per heavy atom. The van der Waals surface area contributed by atoms with Gasteiger partial charge in [0, 0.05) is 12.7 Å². The number of rotatable bonds is 3. The van der Waals surface area contributed by atoms with Crippen LogP contribution in [0.3, 0.4) is 0 Å². The smallest absolute Gasteiger partial charge is 0.175 e. The van der Waals surface area contributed by atoms with Gasteiger partial charge in [-0.15, -0.1) is 0 Å². The molecule has 0 saturated carbocycles. The molecule has 0 aliphatic carbocycles. The average Bonchev–Trinajstić information content (AvgIpc) is 2.17. The lowest BCUT2D eigenvalue weighted by atomic mass is 9.99. The lowest BCUT2D eigenvalue weighted by molar-refractivity contribution is 0.601. The number of sulfone groups is 1. The molecule has 1 aromatic rings. The van der Waals surface area contributed by atoms with Gasteiger partial charge in [0.1, 0.15) is 0 Å².